The van der Waals surface area contributed by atoms with Crippen molar-refractivity contribution in [1.82, 2.24) is 4.90 Å². The third-order valence-electron chi connectivity index (χ3n) is 4.15. The molecule has 1 heterocycles. The van der Waals surface area contributed by atoms with E-state index in [4.69, 9.17) is 5.11 Å². The van der Waals surface area contributed by atoms with Crippen molar-refractivity contribution in [2.24, 2.45) is 0 Å². The number of nitrogens with zero attached hydrogens (tertiary/aromatic N) is 1. The lowest BCUT2D eigenvalue weighted by Gasteiger charge is -2.24. The molecule has 2 rings (SSSR count). The average Bonchev–Trinajstić information content (AvgIpc) is 2.79. The molecule has 0 spiro atoms. The molecule has 1 aromatic carbocycles. The first-order valence-corrected chi connectivity index (χ1v) is 7.11. The molecule has 2 nitrogen and oxygen atoms in total. The summed E-state index contributed by atoms with van der Waals surface area (Å²) in [6, 6.07) is 7.48. The summed E-state index contributed by atoms with van der Waals surface area (Å²) in [6.45, 7) is 6.96. The van der Waals surface area contributed by atoms with Crippen molar-refractivity contribution >= 4 is 0 Å². The van der Waals surface area contributed by atoms with E-state index < -0.39 is 0 Å². The molecule has 100 valence electrons. The van der Waals surface area contributed by atoms with Gasteiger partial charge in [0.2, 0.25) is 0 Å². The van der Waals surface area contributed by atoms with E-state index in [2.05, 4.69) is 36.9 Å². The minimum absolute atomic E-state index is 0.327. The molecule has 1 aliphatic rings. The Labute approximate surface area is 111 Å². The zero-order valence-electron chi connectivity index (χ0n) is 11.7. The monoisotopic (exact) mass is 247 g/mol. The number of hydrogen-bond acceptors (Lipinski definition) is 2. The van der Waals surface area contributed by atoms with Crippen LogP contribution < -0.4 is 0 Å². The molecule has 1 saturated heterocycles. The van der Waals surface area contributed by atoms with Gasteiger partial charge in [0.1, 0.15) is 0 Å². The van der Waals surface area contributed by atoms with Crippen molar-refractivity contribution < 1.29 is 5.11 Å². The lowest BCUT2D eigenvalue weighted by Crippen LogP contribution is -2.29. The Bertz CT molecular complexity index is 389. The molecule has 0 aliphatic carbocycles. The molecule has 18 heavy (non-hydrogen) atoms. The summed E-state index contributed by atoms with van der Waals surface area (Å²) in [4.78, 5) is 2.58. The van der Waals surface area contributed by atoms with Crippen molar-refractivity contribution in [3.05, 3.63) is 34.9 Å². The van der Waals surface area contributed by atoms with Gasteiger partial charge in [0.25, 0.3) is 0 Å². The number of likely N-dealkylation sites (tertiary alicyclic amines) is 1. The Kier molecular flexibility index (Phi) is 4.79. The second-order valence-electron chi connectivity index (χ2n) is 5.55. The number of aliphatic hydroxyl groups excluding tert-OH is 1. The van der Waals surface area contributed by atoms with Crippen LogP contribution in [0.3, 0.4) is 0 Å². The van der Waals surface area contributed by atoms with E-state index in [-0.39, 0.29) is 0 Å². The first kappa shape index (κ1) is 13.6. The Morgan fingerprint density at radius 3 is 2.83 bits per heavy atom. The Balaban J connectivity index is 1.96. The van der Waals surface area contributed by atoms with E-state index >= 15 is 0 Å². The van der Waals surface area contributed by atoms with E-state index in [0.29, 0.717) is 12.6 Å². The molecule has 2 heteroatoms. The molecule has 1 aliphatic heterocycles. The lowest BCUT2D eigenvalue weighted by molar-refractivity contribution is 0.210. The Morgan fingerprint density at radius 1 is 1.28 bits per heavy atom. The highest BCUT2D eigenvalue weighted by molar-refractivity contribution is 5.29. The van der Waals surface area contributed by atoms with Gasteiger partial charge >= 0.3 is 0 Å². The van der Waals surface area contributed by atoms with Gasteiger partial charge in [-0.15, -0.1) is 0 Å². The predicted octanol–water partition coefficient (Wildman–Crippen LogP) is 3.04. The van der Waals surface area contributed by atoms with Gasteiger partial charge in [-0.1, -0.05) is 18.2 Å². The van der Waals surface area contributed by atoms with Crippen LogP contribution >= 0.6 is 0 Å². The lowest BCUT2D eigenvalue weighted by atomic mass is 10.0. The van der Waals surface area contributed by atoms with Gasteiger partial charge in [0, 0.05) is 19.2 Å². The highest BCUT2D eigenvalue weighted by Gasteiger charge is 2.23. The predicted molar refractivity (Wildman–Crippen MR) is 75.7 cm³/mol. The van der Waals surface area contributed by atoms with Crippen molar-refractivity contribution in [1.29, 1.82) is 0 Å². The molecule has 0 saturated carbocycles. The Morgan fingerprint density at radius 2 is 2.11 bits per heavy atom. The van der Waals surface area contributed by atoms with Gasteiger partial charge in [0.15, 0.2) is 0 Å². The molecule has 0 aromatic heterocycles. The molecule has 1 unspecified atom stereocenters. The molecule has 1 aromatic rings. The summed E-state index contributed by atoms with van der Waals surface area (Å²) in [7, 11) is 0. The van der Waals surface area contributed by atoms with Crippen molar-refractivity contribution in [2.75, 3.05) is 13.2 Å². The first-order valence-electron chi connectivity index (χ1n) is 7.11. The number of benzene rings is 1. The van der Waals surface area contributed by atoms with Crippen molar-refractivity contribution in [2.45, 2.75) is 52.1 Å². The number of aryl methyl sites for hydroxylation is 2. The molecule has 0 radical (unpaired) electrons. The largest absolute Gasteiger partial charge is 0.396 e. The maximum absolute atomic E-state index is 8.95. The van der Waals surface area contributed by atoms with Crippen LogP contribution in [0.2, 0.25) is 0 Å². The topological polar surface area (TPSA) is 23.5 Å². The van der Waals surface area contributed by atoms with E-state index in [1.54, 1.807) is 0 Å². The summed E-state index contributed by atoms with van der Waals surface area (Å²) < 4.78 is 0. The minimum atomic E-state index is 0.327. The summed E-state index contributed by atoms with van der Waals surface area (Å²) in [5.41, 5.74) is 4.18. The third kappa shape index (κ3) is 3.33. The minimum Gasteiger partial charge on any atom is -0.396 e. The first-order chi connectivity index (χ1) is 8.70. The van der Waals surface area contributed by atoms with Crippen molar-refractivity contribution in [3.8, 4) is 0 Å². The van der Waals surface area contributed by atoms with Crippen LogP contribution in [0, 0.1) is 13.8 Å². The molecule has 1 fully saturated rings. The van der Waals surface area contributed by atoms with Gasteiger partial charge < -0.3 is 5.11 Å². The second-order valence-corrected chi connectivity index (χ2v) is 5.55. The zero-order chi connectivity index (χ0) is 13.0. The van der Waals surface area contributed by atoms with Crippen LogP contribution in [0.15, 0.2) is 18.2 Å². The summed E-state index contributed by atoms with van der Waals surface area (Å²) in [5, 5.41) is 8.95. The Hall–Kier alpha value is -0.860. The fraction of sp³-hybridized carbons (Fsp3) is 0.625. The SMILES string of the molecule is Cc1ccc(CN2CCCC2CCCO)cc1C. The molecule has 0 bridgehead atoms. The van der Waals surface area contributed by atoms with Crippen LogP contribution in [-0.2, 0) is 6.54 Å². The van der Waals surface area contributed by atoms with Gasteiger partial charge in [0.05, 0.1) is 0 Å². The molecule has 1 N–H and O–H groups in total. The summed E-state index contributed by atoms with van der Waals surface area (Å²) in [6.07, 6.45) is 4.68. The fourth-order valence-electron chi connectivity index (χ4n) is 2.89. The summed E-state index contributed by atoms with van der Waals surface area (Å²) in [5.74, 6) is 0. The van der Waals surface area contributed by atoms with E-state index in [1.165, 1.54) is 36.1 Å². The van der Waals surface area contributed by atoms with Gasteiger partial charge in [-0.05, 0) is 62.8 Å². The average molecular weight is 247 g/mol. The number of hydrogen-bond donors (Lipinski definition) is 1. The van der Waals surface area contributed by atoms with Gasteiger partial charge in [-0.2, -0.15) is 0 Å². The highest BCUT2D eigenvalue weighted by Crippen LogP contribution is 2.24. The van der Waals surface area contributed by atoms with Crippen LogP contribution in [0.25, 0.3) is 0 Å². The van der Waals surface area contributed by atoms with Crippen LogP contribution in [0.5, 0.6) is 0 Å². The van der Waals surface area contributed by atoms with Crippen LogP contribution in [-0.4, -0.2) is 29.2 Å². The van der Waals surface area contributed by atoms with Crippen LogP contribution in [0.1, 0.15) is 42.4 Å². The zero-order valence-corrected chi connectivity index (χ0v) is 11.7. The highest BCUT2D eigenvalue weighted by atomic mass is 16.2. The molecular weight excluding hydrogens is 222 g/mol. The summed E-state index contributed by atoms with van der Waals surface area (Å²) >= 11 is 0. The fourth-order valence-corrected chi connectivity index (χ4v) is 2.89. The van der Waals surface area contributed by atoms with Crippen molar-refractivity contribution in [3.63, 3.8) is 0 Å². The third-order valence-corrected chi connectivity index (χ3v) is 4.15. The quantitative estimate of drug-likeness (QED) is 0.864. The van der Waals surface area contributed by atoms with E-state index in [9.17, 15) is 0 Å². The maximum Gasteiger partial charge on any atom is 0.0431 e. The second kappa shape index (κ2) is 6.35. The van der Waals surface area contributed by atoms with Gasteiger partial charge in [-0.25, -0.2) is 0 Å². The van der Waals surface area contributed by atoms with Gasteiger partial charge in [-0.3, -0.25) is 4.90 Å². The van der Waals surface area contributed by atoms with E-state index in [0.717, 1.165) is 19.4 Å². The smallest absolute Gasteiger partial charge is 0.0431 e. The molecule has 1 atom stereocenters. The molecule has 0 amide bonds. The maximum atomic E-state index is 8.95. The normalized spacial score (nSPS) is 20.5. The number of aliphatic hydroxyl groups is 1. The number of rotatable bonds is 5. The standard InChI is InChI=1S/C16H25NO/c1-13-7-8-15(11-14(13)2)12-17-9-3-5-16(17)6-4-10-18/h7-8,11,16,18H,3-6,9-10,12H2,1-2H3. The molecular formula is C16H25NO. The van der Waals surface area contributed by atoms with E-state index in [1.807, 2.05) is 0 Å². The van der Waals surface area contributed by atoms with Crippen LogP contribution in [0.4, 0.5) is 0 Å².